The summed E-state index contributed by atoms with van der Waals surface area (Å²) in [4.78, 5) is 6.69. The van der Waals surface area contributed by atoms with Crippen LogP contribution in [0.25, 0.3) is 10.9 Å². The summed E-state index contributed by atoms with van der Waals surface area (Å²) in [5, 5.41) is 21.5. The molecule has 4 unspecified atom stereocenters. The predicted molar refractivity (Wildman–Crippen MR) is 85.6 cm³/mol. The van der Waals surface area contributed by atoms with Crippen LogP contribution in [0.3, 0.4) is 0 Å². The highest BCUT2D eigenvalue weighted by Gasteiger charge is 2.47. The van der Waals surface area contributed by atoms with E-state index in [9.17, 15) is 10.2 Å². The van der Waals surface area contributed by atoms with Gasteiger partial charge < -0.3 is 10.2 Å². The fourth-order valence-corrected chi connectivity index (χ4v) is 4.25. The highest BCUT2D eigenvalue weighted by atomic mass is 16.3. The first-order chi connectivity index (χ1) is 10.7. The van der Waals surface area contributed by atoms with Crippen LogP contribution in [0.15, 0.2) is 43.1 Å². The molecule has 2 aliphatic rings. The molecule has 3 heterocycles. The minimum absolute atomic E-state index is 0.120. The van der Waals surface area contributed by atoms with Gasteiger partial charge in [-0.05, 0) is 55.1 Å². The zero-order chi connectivity index (χ0) is 15.3. The first-order valence-electron chi connectivity index (χ1n) is 7.83. The number of hydrogen-bond acceptors (Lipinski definition) is 4. The minimum Gasteiger partial charge on any atom is -0.508 e. The van der Waals surface area contributed by atoms with E-state index in [1.165, 1.54) is 6.42 Å². The van der Waals surface area contributed by atoms with E-state index >= 15 is 0 Å². The Bertz CT molecular complexity index is 730. The van der Waals surface area contributed by atoms with Crippen LogP contribution in [-0.4, -0.2) is 38.7 Å². The first-order valence-corrected chi connectivity index (χ1v) is 7.83. The number of hydrogen-bond donors (Lipinski definition) is 2. The van der Waals surface area contributed by atoms with E-state index in [1.807, 2.05) is 12.1 Å². The van der Waals surface area contributed by atoms with Crippen molar-refractivity contribution in [2.45, 2.75) is 31.0 Å². The van der Waals surface area contributed by atoms with Crippen molar-refractivity contribution in [3.05, 3.63) is 48.7 Å². The number of pyridine rings is 1. The zero-order valence-corrected chi connectivity index (χ0v) is 12.4. The quantitative estimate of drug-likeness (QED) is 0.855. The molecule has 4 rings (SSSR count). The third-order valence-corrected chi connectivity index (χ3v) is 5.28. The van der Waals surface area contributed by atoms with Crippen LogP contribution in [-0.2, 0) is 0 Å². The third kappa shape index (κ3) is 1.95. The average Bonchev–Trinajstić information content (AvgIpc) is 3.10. The summed E-state index contributed by atoms with van der Waals surface area (Å²) in [6.45, 7) is 4.97. The van der Waals surface area contributed by atoms with Gasteiger partial charge in [0.05, 0.1) is 11.6 Å². The number of aromatic hydroxyl groups is 1. The molecule has 1 aromatic carbocycles. The van der Waals surface area contributed by atoms with Crippen molar-refractivity contribution in [2.75, 3.05) is 6.54 Å². The predicted octanol–water partition coefficient (Wildman–Crippen LogP) is 2.62. The summed E-state index contributed by atoms with van der Waals surface area (Å²) in [5.74, 6) is 0.810. The Kier molecular flexibility index (Phi) is 3.17. The number of aliphatic hydroxyl groups is 1. The van der Waals surface area contributed by atoms with Crippen LogP contribution in [0.1, 0.15) is 24.5 Å². The molecule has 4 heteroatoms. The Morgan fingerprint density at radius 2 is 2.23 bits per heavy atom. The van der Waals surface area contributed by atoms with E-state index < -0.39 is 6.10 Å². The summed E-state index contributed by atoms with van der Waals surface area (Å²) >= 11 is 0. The number of rotatable bonds is 3. The molecule has 1 aromatic heterocycles. The molecule has 114 valence electrons. The number of fused-ring (bicyclic) bond motifs is 3. The van der Waals surface area contributed by atoms with Crippen LogP contribution < -0.4 is 0 Å². The van der Waals surface area contributed by atoms with Crippen molar-refractivity contribution >= 4 is 10.9 Å². The lowest BCUT2D eigenvalue weighted by Gasteiger charge is -2.31. The van der Waals surface area contributed by atoms with Crippen molar-refractivity contribution in [1.82, 2.24) is 9.88 Å². The second-order valence-corrected chi connectivity index (χ2v) is 6.36. The van der Waals surface area contributed by atoms with E-state index in [1.54, 1.807) is 24.4 Å². The Hall–Kier alpha value is -1.91. The van der Waals surface area contributed by atoms with Crippen molar-refractivity contribution in [3.8, 4) is 5.75 Å². The molecule has 0 radical (unpaired) electrons. The second-order valence-electron chi connectivity index (χ2n) is 6.36. The van der Waals surface area contributed by atoms with Gasteiger partial charge in [0.15, 0.2) is 0 Å². The fourth-order valence-electron chi connectivity index (χ4n) is 4.25. The Balaban J connectivity index is 1.73. The Morgan fingerprint density at radius 1 is 1.36 bits per heavy atom. The van der Waals surface area contributed by atoms with Crippen molar-refractivity contribution in [1.29, 1.82) is 0 Å². The number of aliphatic hydroxyl groups excluding tert-OH is 1. The second kappa shape index (κ2) is 5.07. The minimum atomic E-state index is -0.569. The molecule has 2 aliphatic heterocycles. The molecule has 0 aliphatic carbocycles. The first kappa shape index (κ1) is 13.7. The number of piperidine rings is 1. The van der Waals surface area contributed by atoms with Gasteiger partial charge in [-0.15, -0.1) is 6.58 Å². The smallest absolute Gasteiger partial charge is 0.116 e. The monoisotopic (exact) mass is 296 g/mol. The molecular formula is C18H20N2O2. The summed E-state index contributed by atoms with van der Waals surface area (Å²) in [6, 6.07) is 7.47. The topological polar surface area (TPSA) is 56.6 Å². The van der Waals surface area contributed by atoms with Gasteiger partial charge in [-0.2, -0.15) is 0 Å². The van der Waals surface area contributed by atoms with Gasteiger partial charge in [0.2, 0.25) is 0 Å². The fraction of sp³-hybridized carbons (Fsp3) is 0.389. The largest absolute Gasteiger partial charge is 0.508 e. The van der Waals surface area contributed by atoms with Crippen LogP contribution in [0.4, 0.5) is 0 Å². The standard InChI is InChI=1S/C18H20N2O2/c1-2-16-11-6-8-20(16)17(9-11)18(22)13-5-7-19-15-4-3-12(21)10-14(13)15/h2-5,7,10-11,16-18,21-22H,1,6,8-9H2/t11?,16?,17?,18-/m0/s1. The summed E-state index contributed by atoms with van der Waals surface area (Å²) in [7, 11) is 0. The highest BCUT2D eigenvalue weighted by Crippen LogP contribution is 2.44. The van der Waals surface area contributed by atoms with E-state index in [2.05, 4.69) is 16.5 Å². The molecule has 2 bridgehead atoms. The molecule has 2 fully saturated rings. The van der Waals surface area contributed by atoms with Crippen LogP contribution >= 0.6 is 0 Å². The molecule has 0 amide bonds. The van der Waals surface area contributed by atoms with E-state index in [0.717, 1.165) is 29.4 Å². The van der Waals surface area contributed by atoms with Gasteiger partial charge in [-0.3, -0.25) is 9.88 Å². The number of aromatic nitrogens is 1. The normalized spacial score (nSPS) is 31.5. The number of phenolic OH excluding ortho intramolecular Hbond substituents is 1. The lowest BCUT2D eigenvalue weighted by Crippen LogP contribution is -2.37. The van der Waals surface area contributed by atoms with Crippen LogP contribution in [0.2, 0.25) is 0 Å². The lowest BCUT2D eigenvalue weighted by atomic mass is 9.90. The maximum absolute atomic E-state index is 11.0. The van der Waals surface area contributed by atoms with Crippen molar-refractivity contribution < 1.29 is 10.2 Å². The molecule has 0 spiro atoms. The van der Waals surface area contributed by atoms with E-state index in [-0.39, 0.29) is 11.8 Å². The Morgan fingerprint density at radius 3 is 3.00 bits per heavy atom. The van der Waals surface area contributed by atoms with Gasteiger partial charge in [-0.25, -0.2) is 0 Å². The van der Waals surface area contributed by atoms with Gasteiger partial charge in [0.25, 0.3) is 0 Å². The van der Waals surface area contributed by atoms with Gasteiger partial charge in [-0.1, -0.05) is 6.08 Å². The van der Waals surface area contributed by atoms with Crippen molar-refractivity contribution in [3.63, 3.8) is 0 Å². The highest BCUT2D eigenvalue weighted by molar-refractivity contribution is 5.83. The molecule has 2 N–H and O–H groups in total. The number of benzene rings is 1. The van der Waals surface area contributed by atoms with Crippen LogP contribution in [0.5, 0.6) is 5.75 Å². The zero-order valence-electron chi connectivity index (χ0n) is 12.4. The van der Waals surface area contributed by atoms with E-state index in [0.29, 0.717) is 12.0 Å². The molecule has 22 heavy (non-hydrogen) atoms. The lowest BCUT2D eigenvalue weighted by molar-refractivity contribution is 0.0645. The number of phenols is 1. The molecule has 0 saturated carbocycles. The SMILES string of the molecule is C=CC1C2CCN1C([C@@H](O)c1ccnc3ccc(O)cc13)C2. The van der Waals surface area contributed by atoms with Gasteiger partial charge in [0.1, 0.15) is 5.75 Å². The van der Waals surface area contributed by atoms with Gasteiger partial charge in [0, 0.05) is 23.7 Å². The molecule has 4 nitrogen and oxygen atoms in total. The molecule has 2 aromatic rings. The molecule has 5 atom stereocenters. The summed E-state index contributed by atoms with van der Waals surface area (Å²) in [5.41, 5.74) is 1.65. The third-order valence-electron chi connectivity index (χ3n) is 5.28. The maximum atomic E-state index is 11.0. The molecular weight excluding hydrogens is 276 g/mol. The van der Waals surface area contributed by atoms with Gasteiger partial charge >= 0.3 is 0 Å². The average molecular weight is 296 g/mol. The molecule has 2 saturated heterocycles. The maximum Gasteiger partial charge on any atom is 0.116 e. The van der Waals surface area contributed by atoms with Crippen molar-refractivity contribution in [2.24, 2.45) is 5.92 Å². The summed E-state index contributed by atoms with van der Waals surface area (Å²) < 4.78 is 0. The van der Waals surface area contributed by atoms with Crippen LogP contribution in [0, 0.1) is 5.92 Å². The summed E-state index contributed by atoms with van der Waals surface area (Å²) in [6.07, 6.45) is 5.37. The Labute approximate surface area is 129 Å². The number of nitrogens with zero attached hydrogens (tertiary/aromatic N) is 2. The van der Waals surface area contributed by atoms with E-state index in [4.69, 9.17) is 0 Å².